The summed E-state index contributed by atoms with van der Waals surface area (Å²) in [5.41, 5.74) is -1.36. The Morgan fingerprint density at radius 1 is 0.967 bits per heavy atom. The van der Waals surface area contributed by atoms with Crippen LogP contribution in [0.2, 0.25) is 0 Å². The maximum atomic E-state index is 13.0. The topological polar surface area (TPSA) is 56.1 Å². The summed E-state index contributed by atoms with van der Waals surface area (Å²) < 4.78 is 82.7. The minimum absolute atomic E-state index is 0.139. The highest BCUT2D eigenvalue weighted by Crippen LogP contribution is 2.36. The molecule has 2 aromatic carbocycles. The first-order valence-corrected chi connectivity index (χ1v) is 8.31. The second-order valence-corrected chi connectivity index (χ2v) is 6.15. The standard InChI is InChI=1S/C19H13F6N3O2/c1-28-10-15(16(27-28)19(23,24)25)30-17(29)26-14-5-3-2-4-13(14)11-6-8-12(9-7-11)18(20,21)22/h2-10H,1H3,(H,26,29). The van der Waals surface area contributed by atoms with Crippen molar-refractivity contribution in [3.8, 4) is 16.9 Å². The van der Waals surface area contributed by atoms with Crippen molar-refractivity contribution in [2.75, 3.05) is 5.32 Å². The van der Waals surface area contributed by atoms with Gasteiger partial charge in [0.05, 0.1) is 17.4 Å². The molecule has 158 valence electrons. The Morgan fingerprint density at radius 3 is 2.20 bits per heavy atom. The summed E-state index contributed by atoms with van der Waals surface area (Å²) in [6, 6.07) is 10.3. The van der Waals surface area contributed by atoms with Crippen LogP contribution in [0.5, 0.6) is 5.75 Å². The van der Waals surface area contributed by atoms with Gasteiger partial charge in [-0.25, -0.2) is 4.79 Å². The third-order valence-electron chi connectivity index (χ3n) is 3.95. The Bertz CT molecular complexity index is 1060. The lowest BCUT2D eigenvalue weighted by Gasteiger charge is -2.13. The zero-order valence-corrected chi connectivity index (χ0v) is 15.2. The van der Waals surface area contributed by atoms with Gasteiger partial charge in [0.2, 0.25) is 5.69 Å². The summed E-state index contributed by atoms with van der Waals surface area (Å²) in [4.78, 5) is 12.2. The van der Waals surface area contributed by atoms with Crippen molar-refractivity contribution in [3.05, 3.63) is 66.0 Å². The quantitative estimate of drug-likeness (QED) is 0.541. The number of nitrogens with one attached hydrogen (secondary N) is 1. The molecular formula is C19H13F6N3O2. The van der Waals surface area contributed by atoms with Gasteiger partial charge in [-0.15, -0.1) is 0 Å². The molecule has 0 unspecified atom stereocenters. The summed E-state index contributed by atoms with van der Waals surface area (Å²) in [5.74, 6) is -0.783. The number of rotatable bonds is 3. The summed E-state index contributed by atoms with van der Waals surface area (Å²) in [6.45, 7) is 0. The van der Waals surface area contributed by atoms with Crippen LogP contribution in [0.1, 0.15) is 11.3 Å². The second-order valence-electron chi connectivity index (χ2n) is 6.15. The van der Waals surface area contributed by atoms with Crippen LogP contribution in [0, 0.1) is 0 Å². The van der Waals surface area contributed by atoms with Gasteiger partial charge in [0.1, 0.15) is 0 Å². The molecule has 0 fully saturated rings. The number of amides is 1. The fourth-order valence-electron chi connectivity index (χ4n) is 2.66. The molecule has 0 saturated heterocycles. The van der Waals surface area contributed by atoms with E-state index >= 15 is 0 Å². The maximum Gasteiger partial charge on any atom is 0.438 e. The van der Waals surface area contributed by atoms with Gasteiger partial charge in [-0.2, -0.15) is 31.4 Å². The molecule has 0 saturated carbocycles. The predicted molar refractivity (Wildman–Crippen MR) is 94.7 cm³/mol. The lowest BCUT2D eigenvalue weighted by Crippen LogP contribution is -2.19. The number of ether oxygens (including phenoxy) is 1. The van der Waals surface area contributed by atoms with Crippen LogP contribution in [-0.4, -0.2) is 15.9 Å². The van der Waals surface area contributed by atoms with Crippen molar-refractivity contribution < 1.29 is 35.9 Å². The Hall–Kier alpha value is -3.50. The zero-order chi connectivity index (χ0) is 22.1. The lowest BCUT2D eigenvalue weighted by molar-refractivity contribution is -0.142. The van der Waals surface area contributed by atoms with E-state index in [1.807, 2.05) is 0 Å². The van der Waals surface area contributed by atoms with Gasteiger partial charge in [-0.1, -0.05) is 30.3 Å². The molecule has 0 atom stereocenters. The van der Waals surface area contributed by atoms with E-state index in [1.54, 1.807) is 6.07 Å². The van der Waals surface area contributed by atoms with E-state index in [-0.39, 0.29) is 5.69 Å². The Labute approximate surface area is 165 Å². The number of nitrogens with zero attached hydrogens (tertiary/aromatic N) is 2. The molecule has 3 aromatic rings. The van der Waals surface area contributed by atoms with E-state index in [4.69, 9.17) is 4.74 Å². The first-order valence-electron chi connectivity index (χ1n) is 8.31. The van der Waals surface area contributed by atoms with Gasteiger partial charge in [-0.3, -0.25) is 10.00 Å². The van der Waals surface area contributed by atoms with E-state index in [0.29, 0.717) is 11.1 Å². The molecule has 30 heavy (non-hydrogen) atoms. The number of aromatic nitrogens is 2. The first kappa shape index (κ1) is 21.2. The highest BCUT2D eigenvalue weighted by molar-refractivity contribution is 5.92. The van der Waals surface area contributed by atoms with Crippen LogP contribution >= 0.6 is 0 Å². The van der Waals surface area contributed by atoms with Gasteiger partial charge in [-0.05, 0) is 23.8 Å². The Morgan fingerprint density at radius 2 is 1.60 bits per heavy atom. The number of carbonyl (C=O) groups is 1. The highest BCUT2D eigenvalue weighted by atomic mass is 19.4. The van der Waals surface area contributed by atoms with Crippen molar-refractivity contribution in [1.82, 2.24) is 9.78 Å². The van der Waals surface area contributed by atoms with Crippen LogP contribution in [0.15, 0.2) is 54.7 Å². The molecule has 1 amide bonds. The van der Waals surface area contributed by atoms with Gasteiger partial charge >= 0.3 is 18.4 Å². The summed E-state index contributed by atoms with van der Waals surface area (Å²) in [7, 11) is 1.24. The van der Waals surface area contributed by atoms with Gasteiger partial charge < -0.3 is 4.74 Å². The van der Waals surface area contributed by atoms with E-state index in [2.05, 4.69) is 10.4 Å². The van der Waals surface area contributed by atoms with Gasteiger partial charge in [0, 0.05) is 12.6 Å². The molecule has 11 heteroatoms. The van der Waals surface area contributed by atoms with E-state index in [9.17, 15) is 31.1 Å². The minimum atomic E-state index is -4.82. The third kappa shape index (κ3) is 4.73. The number of anilines is 1. The van der Waals surface area contributed by atoms with Crippen LogP contribution < -0.4 is 10.1 Å². The number of hydrogen-bond acceptors (Lipinski definition) is 3. The number of carbonyl (C=O) groups excluding carboxylic acids is 1. The lowest BCUT2D eigenvalue weighted by atomic mass is 10.0. The first-order chi connectivity index (χ1) is 13.9. The molecule has 0 aliphatic rings. The third-order valence-corrected chi connectivity index (χ3v) is 3.95. The number of alkyl halides is 6. The number of aryl methyl sites for hydroxylation is 1. The SMILES string of the molecule is Cn1cc(OC(=O)Nc2ccccc2-c2ccc(C(F)(F)F)cc2)c(C(F)(F)F)n1. The normalized spacial score (nSPS) is 12.0. The number of benzene rings is 2. The molecule has 5 nitrogen and oxygen atoms in total. The summed E-state index contributed by atoms with van der Waals surface area (Å²) >= 11 is 0. The molecular weight excluding hydrogens is 416 g/mol. The zero-order valence-electron chi connectivity index (χ0n) is 15.2. The molecule has 1 N–H and O–H groups in total. The van der Waals surface area contributed by atoms with E-state index in [1.165, 1.54) is 37.4 Å². The minimum Gasteiger partial charge on any atom is -0.406 e. The van der Waals surface area contributed by atoms with Crippen molar-refractivity contribution in [1.29, 1.82) is 0 Å². The fourth-order valence-corrected chi connectivity index (χ4v) is 2.66. The van der Waals surface area contributed by atoms with Crippen molar-refractivity contribution in [2.24, 2.45) is 7.05 Å². The van der Waals surface area contributed by atoms with Crippen LogP contribution in [0.4, 0.5) is 36.8 Å². The van der Waals surface area contributed by atoms with Crippen LogP contribution in [-0.2, 0) is 19.4 Å². The molecule has 0 bridgehead atoms. The number of para-hydroxylation sites is 1. The monoisotopic (exact) mass is 429 g/mol. The molecule has 0 radical (unpaired) electrons. The summed E-state index contributed by atoms with van der Waals surface area (Å²) in [6.07, 6.45) is -9.65. The summed E-state index contributed by atoms with van der Waals surface area (Å²) in [5, 5.41) is 5.53. The number of hydrogen-bond donors (Lipinski definition) is 1. The van der Waals surface area contributed by atoms with E-state index < -0.39 is 35.5 Å². The highest BCUT2D eigenvalue weighted by Gasteiger charge is 2.39. The average Bonchev–Trinajstić information content (AvgIpc) is 3.02. The van der Waals surface area contributed by atoms with Gasteiger partial charge in [0.25, 0.3) is 0 Å². The molecule has 0 aliphatic heterocycles. The maximum absolute atomic E-state index is 13.0. The average molecular weight is 429 g/mol. The Kier molecular flexibility index (Phi) is 5.47. The smallest absolute Gasteiger partial charge is 0.406 e. The Balaban J connectivity index is 1.83. The van der Waals surface area contributed by atoms with Crippen LogP contribution in [0.3, 0.4) is 0 Å². The predicted octanol–water partition coefficient (Wildman–Crippen LogP) is 5.74. The molecule has 3 rings (SSSR count). The van der Waals surface area contributed by atoms with Crippen molar-refractivity contribution in [2.45, 2.75) is 12.4 Å². The van der Waals surface area contributed by atoms with Crippen LogP contribution in [0.25, 0.3) is 11.1 Å². The fraction of sp³-hybridized carbons (Fsp3) is 0.158. The molecule has 1 aromatic heterocycles. The number of halogens is 6. The van der Waals surface area contributed by atoms with Crippen molar-refractivity contribution in [3.63, 3.8) is 0 Å². The molecule has 1 heterocycles. The molecule has 0 aliphatic carbocycles. The second kappa shape index (κ2) is 7.73. The largest absolute Gasteiger partial charge is 0.438 e. The molecule has 0 spiro atoms. The van der Waals surface area contributed by atoms with Crippen molar-refractivity contribution >= 4 is 11.8 Å². The van der Waals surface area contributed by atoms with Gasteiger partial charge in [0.15, 0.2) is 5.75 Å². The van der Waals surface area contributed by atoms with E-state index in [0.717, 1.165) is 23.0 Å².